The van der Waals surface area contributed by atoms with Gasteiger partial charge in [-0.3, -0.25) is 0 Å². The number of aliphatic hydroxyl groups is 11. The van der Waals surface area contributed by atoms with Crippen molar-refractivity contribution in [2.75, 3.05) is 19.8 Å². The van der Waals surface area contributed by atoms with Gasteiger partial charge in [0.15, 0.2) is 18.9 Å². The monoisotopic (exact) mass is 504 g/mol. The number of rotatable bonds is 7. The third-order valence-electron chi connectivity index (χ3n) is 6.09. The van der Waals surface area contributed by atoms with E-state index in [1.54, 1.807) is 0 Å². The third kappa shape index (κ3) is 5.37. The molecular formula is C18H32O16. The predicted octanol–water partition coefficient (Wildman–Crippen LogP) is -7.57. The zero-order valence-electron chi connectivity index (χ0n) is 17.7. The van der Waals surface area contributed by atoms with E-state index in [0.29, 0.717) is 0 Å². The zero-order valence-corrected chi connectivity index (χ0v) is 17.7. The lowest BCUT2D eigenvalue weighted by atomic mass is 9.96. The Morgan fingerprint density at radius 1 is 0.441 bits per heavy atom. The van der Waals surface area contributed by atoms with Crippen molar-refractivity contribution in [3.8, 4) is 0 Å². The molecule has 34 heavy (non-hydrogen) atoms. The lowest BCUT2D eigenvalue weighted by Gasteiger charge is -2.47. The molecule has 3 saturated heterocycles. The maximum atomic E-state index is 10.8. The van der Waals surface area contributed by atoms with E-state index in [2.05, 4.69) is 0 Å². The molecule has 3 rings (SSSR count). The molecule has 0 aromatic heterocycles. The summed E-state index contributed by atoms with van der Waals surface area (Å²) in [5.41, 5.74) is 0. The Hall–Kier alpha value is -0.640. The van der Waals surface area contributed by atoms with Crippen molar-refractivity contribution in [2.45, 2.75) is 92.1 Å². The molecular weight excluding hydrogens is 472 g/mol. The Morgan fingerprint density at radius 3 is 1.50 bits per heavy atom. The average Bonchev–Trinajstić information content (AvgIpc) is 2.83. The van der Waals surface area contributed by atoms with E-state index in [0.717, 1.165) is 0 Å². The SMILES string of the molecule is OC[C@H]1O[C@H](O[C@@H]2[C@@H](O)[C@@H](O[C@H]3[C@H](O)[C@@H](O)[C@H](O)O[C@@H]3CO)O[C@H](CO)[C@H]2O)[C@H](O)[C@@H](O)[C@@H]1O. The minimum absolute atomic E-state index is 0.759. The number of hydrogen-bond donors (Lipinski definition) is 11. The first kappa shape index (κ1) is 27.9. The topological polar surface area (TPSA) is 269 Å². The van der Waals surface area contributed by atoms with Crippen LogP contribution < -0.4 is 0 Å². The van der Waals surface area contributed by atoms with Crippen LogP contribution in [0.5, 0.6) is 0 Å². The molecule has 0 bridgehead atoms. The van der Waals surface area contributed by atoms with E-state index in [4.69, 9.17) is 23.7 Å². The van der Waals surface area contributed by atoms with Gasteiger partial charge in [0, 0.05) is 0 Å². The summed E-state index contributed by atoms with van der Waals surface area (Å²) in [5.74, 6) is 0. The molecule has 16 heteroatoms. The fourth-order valence-electron chi connectivity index (χ4n) is 4.05. The molecule has 0 spiro atoms. The van der Waals surface area contributed by atoms with Crippen molar-refractivity contribution in [1.82, 2.24) is 0 Å². The Bertz CT molecular complexity index is 637. The van der Waals surface area contributed by atoms with Gasteiger partial charge in [0.25, 0.3) is 0 Å². The van der Waals surface area contributed by atoms with E-state index in [1.165, 1.54) is 0 Å². The lowest BCUT2D eigenvalue weighted by Crippen LogP contribution is -2.66. The maximum Gasteiger partial charge on any atom is 0.187 e. The van der Waals surface area contributed by atoms with Gasteiger partial charge in [-0.15, -0.1) is 0 Å². The van der Waals surface area contributed by atoms with E-state index >= 15 is 0 Å². The molecule has 3 aliphatic rings. The van der Waals surface area contributed by atoms with Crippen LogP contribution in [-0.4, -0.2) is 168 Å². The summed E-state index contributed by atoms with van der Waals surface area (Å²) < 4.78 is 26.4. The van der Waals surface area contributed by atoms with Crippen LogP contribution in [-0.2, 0) is 23.7 Å². The number of aliphatic hydroxyl groups excluding tert-OH is 11. The van der Waals surface area contributed by atoms with Crippen molar-refractivity contribution in [2.24, 2.45) is 0 Å². The van der Waals surface area contributed by atoms with E-state index in [-0.39, 0.29) is 0 Å². The summed E-state index contributed by atoms with van der Waals surface area (Å²) in [6.07, 6.45) is -25.4. The molecule has 200 valence electrons. The van der Waals surface area contributed by atoms with Gasteiger partial charge in [-0.05, 0) is 0 Å². The summed E-state index contributed by atoms with van der Waals surface area (Å²) in [4.78, 5) is 0. The second kappa shape index (κ2) is 11.6. The van der Waals surface area contributed by atoms with Crippen molar-refractivity contribution in [3.05, 3.63) is 0 Å². The number of ether oxygens (including phenoxy) is 5. The molecule has 0 aromatic rings. The predicted molar refractivity (Wildman–Crippen MR) is 101 cm³/mol. The molecule has 3 heterocycles. The second-order valence-corrected chi connectivity index (χ2v) is 8.33. The number of hydrogen-bond acceptors (Lipinski definition) is 16. The maximum absolute atomic E-state index is 10.8. The first-order valence-corrected chi connectivity index (χ1v) is 10.6. The van der Waals surface area contributed by atoms with Crippen LogP contribution in [0.1, 0.15) is 0 Å². The van der Waals surface area contributed by atoms with Crippen LogP contribution in [0, 0.1) is 0 Å². The van der Waals surface area contributed by atoms with Gasteiger partial charge in [0.05, 0.1) is 19.8 Å². The fraction of sp³-hybridized carbons (Fsp3) is 1.00. The highest BCUT2D eigenvalue weighted by Crippen LogP contribution is 2.32. The van der Waals surface area contributed by atoms with Gasteiger partial charge in [-0.1, -0.05) is 0 Å². The summed E-state index contributed by atoms with van der Waals surface area (Å²) in [6, 6.07) is 0. The minimum Gasteiger partial charge on any atom is -0.394 e. The first-order valence-electron chi connectivity index (χ1n) is 10.6. The Labute approximate surface area is 192 Å². The van der Waals surface area contributed by atoms with E-state index in [9.17, 15) is 56.2 Å². The fourth-order valence-corrected chi connectivity index (χ4v) is 4.05. The molecule has 0 radical (unpaired) electrons. The molecule has 11 N–H and O–H groups in total. The highest BCUT2D eigenvalue weighted by molar-refractivity contribution is 4.96. The van der Waals surface area contributed by atoms with Gasteiger partial charge in [-0.25, -0.2) is 0 Å². The normalized spacial score (nSPS) is 52.5. The summed E-state index contributed by atoms with van der Waals surface area (Å²) in [7, 11) is 0. The van der Waals surface area contributed by atoms with E-state index in [1.807, 2.05) is 0 Å². The molecule has 0 unspecified atom stereocenters. The van der Waals surface area contributed by atoms with Crippen LogP contribution in [0.15, 0.2) is 0 Å². The van der Waals surface area contributed by atoms with Crippen molar-refractivity contribution >= 4 is 0 Å². The zero-order chi connectivity index (χ0) is 25.3. The third-order valence-corrected chi connectivity index (χ3v) is 6.09. The van der Waals surface area contributed by atoms with Crippen LogP contribution >= 0.6 is 0 Å². The standard InChI is InChI=1S/C18H32O16/c19-1-4-7(22)9(24)12(27)17(31-4)34-15-8(23)5(2-20)32-18(13(15)28)33-14-6(3-21)30-16(29)11(26)10(14)25/h4-29H,1-3H2/t4-,5-,6-,7-,8-,9+,10-,11-,12-,13-,14-,15+,16-,17-,18-/m1/s1. The van der Waals surface area contributed by atoms with Gasteiger partial charge < -0.3 is 79.9 Å². The summed E-state index contributed by atoms with van der Waals surface area (Å²) in [6.45, 7) is -2.34. The smallest absolute Gasteiger partial charge is 0.187 e. The van der Waals surface area contributed by atoms with E-state index < -0.39 is 112 Å². The van der Waals surface area contributed by atoms with Crippen LogP contribution in [0.4, 0.5) is 0 Å². The molecule has 15 atom stereocenters. The highest BCUT2D eigenvalue weighted by Gasteiger charge is 2.53. The molecule has 16 nitrogen and oxygen atoms in total. The minimum atomic E-state index is -1.90. The summed E-state index contributed by atoms with van der Waals surface area (Å²) >= 11 is 0. The van der Waals surface area contributed by atoms with Gasteiger partial charge in [0.2, 0.25) is 0 Å². The molecule has 0 saturated carbocycles. The van der Waals surface area contributed by atoms with Crippen LogP contribution in [0.3, 0.4) is 0 Å². The van der Waals surface area contributed by atoms with Gasteiger partial charge >= 0.3 is 0 Å². The molecule has 0 amide bonds. The first-order chi connectivity index (χ1) is 16.0. The average molecular weight is 504 g/mol. The van der Waals surface area contributed by atoms with Gasteiger partial charge in [0.1, 0.15) is 73.2 Å². The van der Waals surface area contributed by atoms with Crippen molar-refractivity contribution < 1.29 is 79.9 Å². The molecule has 0 aliphatic carbocycles. The Kier molecular flexibility index (Phi) is 9.54. The van der Waals surface area contributed by atoms with Crippen molar-refractivity contribution in [1.29, 1.82) is 0 Å². The molecule has 3 fully saturated rings. The quantitative estimate of drug-likeness (QED) is 0.154. The van der Waals surface area contributed by atoms with Crippen LogP contribution in [0.25, 0.3) is 0 Å². The lowest BCUT2D eigenvalue weighted by molar-refractivity contribution is -0.378. The second-order valence-electron chi connectivity index (χ2n) is 8.33. The highest BCUT2D eigenvalue weighted by atomic mass is 16.7. The Morgan fingerprint density at radius 2 is 0.941 bits per heavy atom. The van der Waals surface area contributed by atoms with Crippen LogP contribution in [0.2, 0.25) is 0 Å². The summed E-state index contributed by atoms with van der Waals surface area (Å²) in [5, 5.41) is 109. The largest absolute Gasteiger partial charge is 0.394 e. The van der Waals surface area contributed by atoms with Crippen molar-refractivity contribution in [3.63, 3.8) is 0 Å². The molecule has 0 aromatic carbocycles. The molecule has 3 aliphatic heterocycles. The Balaban J connectivity index is 1.78. The van der Waals surface area contributed by atoms with Gasteiger partial charge in [-0.2, -0.15) is 0 Å².